The van der Waals surface area contributed by atoms with E-state index < -0.39 is 24.8 Å². The lowest BCUT2D eigenvalue weighted by Crippen LogP contribution is -2.55. The lowest BCUT2D eigenvalue weighted by molar-refractivity contribution is -0.430. The van der Waals surface area contributed by atoms with E-state index in [9.17, 15) is 30.7 Å². The molecule has 0 aliphatic rings. The fourth-order valence-corrected chi connectivity index (χ4v) is 1.99. The average Bonchev–Trinajstić information content (AvgIpc) is 2.42. The summed E-state index contributed by atoms with van der Waals surface area (Å²) in [5, 5.41) is 8.57. The Morgan fingerprint density at radius 1 is 0.565 bits per heavy atom. The van der Waals surface area contributed by atoms with Crippen molar-refractivity contribution in [3.05, 3.63) is 0 Å². The molecular formula is C14H23F7O2. The van der Waals surface area contributed by atoms with Crippen LogP contribution >= 0.6 is 0 Å². The monoisotopic (exact) mass is 356 g/mol. The van der Waals surface area contributed by atoms with Gasteiger partial charge in [-0.2, -0.15) is 30.7 Å². The zero-order valence-corrected chi connectivity index (χ0v) is 12.8. The number of unbranched alkanes of at least 4 members (excludes halogenated alkanes) is 8. The van der Waals surface area contributed by atoms with Gasteiger partial charge in [0.25, 0.3) is 0 Å². The van der Waals surface area contributed by atoms with Gasteiger partial charge >= 0.3 is 18.2 Å². The number of hydrogen-bond donors (Lipinski definition) is 1. The second-order valence-electron chi connectivity index (χ2n) is 5.34. The minimum atomic E-state index is -6.15. The largest absolute Gasteiger partial charge is 0.458 e. The van der Waals surface area contributed by atoms with Gasteiger partial charge in [0, 0.05) is 6.61 Å². The van der Waals surface area contributed by atoms with Crippen molar-refractivity contribution in [3.8, 4) is 0 Å². The van der Waals surface area contributed by atoms with E-state index in [1.54, 1.807) is 0 Å². The molecule has 2 nitrogen and oxygen atoms in total. The molecule has 0 aliphatic heterocycles. The topological polar surface area (TPSA) is 29.5 Å². The highest BCUT2D eigenvalue weighted by molar-refractivity contribution is 4.85. The lowest BCUT2D eigenvalue weighted by Gasteiger charge is -2.29. The van der Waals surface area contributed by atoms with Crippen LogP contribution in [-0.4, -0.2) is 36.5 Å². The molecule has 0 fully saturated rings. The first-order valence-corrected chi connectivity index (χ1v) is 7.63. The van der Waals surface area contributed by atoms with E-state index in [1.807, 2.05) is 0 Å². The highest BCUT2D eigenvalue weighted by Crippen LogP contribution is 2.46. The predicted molar refractivity (Wildman–Crippen MR) is 70.5 cm³/mol. The summed E-state index contributed by atoms with van der Waals surface area (Å²) in [4.78, 5) is 0. The van der Waals surface area contributed by atoms with Crippen LogP contribution in [0.15, 0.2) is 0 Å². The SMILES string of the molecule is OCCCCCCCCCCCOC(F)(C(F)(F)F)C(F)(F)F. The van der Waals surface area contributed by atoms with Crippen LogP contribution in [0.25, 0.3) is 0 Å². The van der Waals surface area contributed by atoms with Crippen molar-refractivity contribution in [1.29, 1.82) is 0 Å². The van der Waals surface area contributed by atoms with Crippen LogP contribution in [0.5, 0.6) is 0 Å². The molecule has 0 aromatic carbocycles. The van der Waals surface area contributed by atoms with Gasteiger partial charge in [-0.25, -0.2) is 0 Å². The predicted octanol–water partition coefficient (Wildman–Crippen LogP) is 5.30. The van der Waals surface area contributed by atoms with Gasteiger partial charge in [0.15, 0.2) is 0 Å². The van der Waals surface area contributed by atoms with Gasteiger partial charge in [-0.05, 0) is 12.8 Å². The zero-order chi connectivity index (χ0) is 18.0. The maximum atomic E-state index is 13.1. The molecular weight excluding hydrogens is 333 g/mol. The number of halogens is 7. The van der Waals surface area contributed by atoms with Crippen LogP contribution in [0.1, 0.15) is 57.8 Å². The second kappa shape index (κ2) is 10.3. The Bertz CT molecular complexity index is 288. The van der Waals surface area contributed by atoms with Gasteiger partial charge in [0.05, 0.1) is 6.61 Å². The van der Waals surface area contributed by atoms with Gasteiger partial charge in [-0.3, -0.25) is 0 Å². The molecule has 0 aliphatic carbocycles. The maximum Gasteiger partial charge on any atom is 0.458 e. The van der Waals surface area contributed by atoms with Crippen LogP contribution in [0.4, 0.5) is 30.7 Å². The number of rotatable bonds is 12. The van der Waals surface area contributed by atoms with Crippen molar-refractivity contribution in [2.75, 3.05) is 13.2 Å². The second-order valence-corrected chi connectivity index (χ2v) is 5.34. The Hall–Kier alpha value is -0.570. The van der Waals surface area contributed by atoms with Crippen LogP contribution < -0.4 is 0 Å². The molecule has 23 heavy (non-hydrogen) atoms. The summed E-state index contributed by atoms with van der Waals surface area (Å²) >= 11 is 0. The summed E-state index contributed by atoms with van der Waals surface area (Å²) in [6.45, 7) is -0.780. The summed E-state index contributed by atoms with van der Waals surface area (Å²) in [6, 6.07) is 0. The molecule has 1 N–H and O–H groups in total. The Labute approximate surface area is 131 Å². The van der Waals surface area contributed by atoms with Crippen LogP contribution in [0.2, 0.25) is 0 Å². The molecule has 0 amide bonds. The highest BCUT2D eigenvalue weighted by Gasteiger charge is 2.74. The molecule has 0 heterocycles. The van der Waals surface area contributed by atoms with Crippen molar-refractivity contribution in [1.82, 2.24) is 0 Å². The summed E-state index contributed by atoms with van der Waals surface area (Å²) in [5.41, 5.74) is 0. The standard InChI is InChI=1S/C14H23F7O2/c15-12(13(16,17)18,14(19,20)21)23-11-9-7-5-3-1-2-4-6-8-10-22/h22H,1-11H2. The fourth-order valence-electron chi connectivity index (χ4n) is 1.99. The lowest BCUT2D eigenvalue weighted by atomic mass is 10.1. The van der Waals surface area contributed by atoms with E-state index in [4.69, 9.17) is 5.11 Å². The third kappa shape index (κ3) is 8.19. The van der Waals surface area contributed by atoms with E-state index in [0.717, 1.165) is 38.5 Å². The number of alkyl halides is 7. The zero-order valence-electron chi connectivity index (χ0n) is 12.8. The number of ether oxygens (including phenoxy) is 1. The molecule has 0 saturated heterocycles. The number of aliphatic hydroxyl groups excluding tert-OH is 1. The van der Waals surface area contributed by atoms with E-state index in [2.05, 4.69) is 4.74 Å². The molecule has 0 radical (unpaired) electrons. The quantitative estimate of drug-likeness (QED) is 0.380. The smallest absolute Gasteiger partial charge is 0.396 e. The molecule has 140 valence electrons. The minimum Gasteiger partial charge on any atom is -0.396 e. The van der Waals surface area contributed by atoms with E-state index >= 15 is 0 Å². The summed E-state index contributed by atoms with van der Waals surface area (Å²) in [7, 11) is 0. The first-order chi connectivity index (χ1) is 10.6. The molecule has 0 aromatic heterocycles. The van der Waals surface area contributed by atoms with Crippen LogP contribution in [0.3, 0.4) is 0 Å². The Morgan fingerprint density at radius 3 is 1.26 bits per heavy atom. The van der Waals surface area contributed by atoms with Gasteiger partial charge < -0.3 is 9.84 Å². The van der Waals surface area contributed by atoms with Crippen molar-refractivity contribution < 1.29 is 40.6 Å². The summed E-state index contributed by atoms with van der Waals surface area (Å²) < 4.78 is 89.6. The summed E-state index contributed by atoms with van der Waals surface area (Å²) in [5.74, 6) is -5.60. The Kier molecular flexibility index (Phi) is 10.1. The Balaban J connectivity index is 3.81. The van der Waals surface area contributed by atoms with Crippen molar-refractivity contribution in [2.24, 2.45) is 0 Å². The number of aliphatic hydroxyl groups is 1. The molecule has 0 bridgehead atoms. The fraction of sp³-hybridized carbons (Fsp3) is 1.00. The van der Waals surface area contributed by atoms with Gasteiger partial charge in [-0.1, -0.05) is 44.9 Å². The molecule has 0 saturated carbocycles. The van der Waals surface area contributed by atoms with E-state index in [0.29, 0.717) is 12.8 Å². The molecule has 9 heteroatoms. The van der Waals surface area contributed by atoms with Crippen LogP contribution in [-0.2, 0) is 4.74 Å². The van der Waals surface area contributed by atoms with Gasteiger partial charge in [-0.15, -0.1) is 0 Å². The normalized spacial score (nSPS) is 13.6. The molecule has 0 aromatic rings. The Morgan fingerprint density at radius 2 is 0.913 bits per heavy atom. The van der Waals surface area contributed by atoms with Crippen molar-refractivity contribution in [2.45, 2.75) is 76.0 Å². The van der Waals surface area contributed by atoms with Gasteiger partial charge in [0.1, 0.15) is 0 Å². The third-order valence-electron chi connectivity index (χ3n) is 3.33. The average molecular weight is 356 g/mol. The maximum absolute atomic E-state index is 13.1. The molecule has 0 rings (SSSR count). The third-order valence-corrected chi connectivity index (χ3v) is 3.33. The van der Waals surface area contributed by atoms with Gasteiger partial charge in [0.2, 0.25) is 0 Å². The molecule has 0 spiro atoms. The van der Waals surface area contributed by atoms with Crippen molar-refractivity contribution >= 4 is 0 Å². The first kappa shape index (κ1) is 22.4. The molecule has 0 atom stereocenters. The van der Waals surface area contributed by atoms with E-state index in [-0.39, 0.29) is 13.0 Å². The van der Waals surface area contributed by atoms with Crippen molar-refractivity contribution in [3.63, 3.8) is 0 Å². The molecule has 0 unspecified atom stereocenters. The first-order valence-electron chi connectivity index (χ1n) is 7.63. The van der Waals surface area contributed by atoms with E-state index in [1.165, 1.54) is 0 Å². The summed E-state index contributed by atoms with van der Waals surface area (Å²) in [6.07, 6.45) is -6.02. The minimum absolute atomic E-state index is 0.0671. The highest BCUT2D eigenvalue weighted by atomic mass is 19.4. The van der Waals surface area contributed by atoms with Crippen LogP contribution in [0, 0.1) is 0 Å². The number of hydrogen-bond acceptors (Lipinski definition) is 2.